The zero-order valence-electron chi connectivity index (χ0n) is 9.91. The summed E-state index contributed by atoms with van der Waals surface area (Å²) in [7, 11) is 2.02. The topological polar surface area (TPSA) is 12.0 Å². The molecule has 13 heavy (non-hydrogen) atoms. The molecule has 0 saturated heterocycles. The number of nitrogens with one attached hydrogen (secondary N) is 1. The van der Waals surface area contributed by atoms with Gasteiger partial charge in [0.25, 0.3) is 0 Å². The Morgan fingerprint density at radius 2 is 2.00 bits per heavy atom. The van der Waals surface area contributed by atoms with Crippen LogP contribution in [0.5, 0.6) is 0 Å². The maximum absolute atomic E-state index is 3.21. The van der Waals surface area contributed by atoms with Crippen molar-refractivity contribution in [1.29, 1.82) is 0 Å². The van der Waals surface area contributed by atoms with E-state index >= 15 is 0 Å². The van der Waals surface area contributed by atoms with Crippen LogP contribution in [0.1, 0.15) is 47.0 Å². The van der Waals surface area contributed by atoms with E-state index in [1.807, 2.05) is 7.05 Å². The number of hydrogen-bond acceptors (Lipinski definition) is 1. The molecule has 0 heterocycles. The molecule has 0 aromatic heterocycles. The van der Waals surface area contributed by atoms with Gasteiger partial charge in [0.2, 0.25) is 0 Å². The highest BCUT2D eigenvalue weighted by atomic mass is 14.8. The van der Waals surface area contributed by atoms with Gasteiger partial charge in [-0.1, -0.05) is 32.4 Å². The van der Waals surface area contributed by atoms with E-state index in [9.17, 15) is 0 Å². The lowest BCUT2D eigenvalue weighted by Gasteiger charge is -2.25. The molecule has 1 N–H and O–H groups in total. The second-order valence-electron chi connectivity index (χ2n) is 4.50. The van der Waals surface area contributed by atoms with Crippen molar-refractivity contribution in [3.05, 3.63) is 11.6 Å². The average Bonchev–Trinajstić information content (AvgIpc) is 2.11. The molecule has 0 aliphatic heterocycles. The SMILES string of the molecule is C/C=C(\CC)CC(C)(C)CCNC. The predicted octanol–water partition coefficient (Wildman–Crippen LogP) is 3.37. The summed E-state index contributed by atoms with van der Waals surface area (Å²) in [5.41, 5.74) is 2.03. The van der Waals surface area contributed by atoms with Crippen molar-refractivity contribution in [3.8, 4) is 0 Å². The Hall–Kier alpha value is -0.300. The summed E-state index contributed by atoms with van der Waals surface area (Å²) >= 11 is 0. The molecule has 0 aliphatic carbocycles. The van der Waals surface area contributed by atoms with E-state index in [-0.39, 0.29) is 0 Å². The van der Waals surface area contributed by atoms with E-state index in [0.717, 1.165) is 6.54 Å². The third-order valence-electron chi connectivity index (χ3n) is 2.62. The standard InChI is InChI=1S/C12H25N/c1-6-11(7-2)10-12(3,4)8-9-13-5/h6,13H,7-10H2,1-5H3/b11-6+. The minimum absolute atomic E-state index is 0.445. The Balaban J connectivity index is 3.99. The van der Waals surface area contributed by atoms with Gasteiger partial charge in [-0.05, 0) is 45.2 Å². The van der Waals surface area contributed by atoms with Crippen LogP contribution >= 0.6 is 0 Å². The molecule has 0 atom stereocenters. The van der Waals surface area contributed by atoms with Crippen LogP contribution in [0.25, 0.3) is 0 Å². The highest BCUT2D eigenvalue weighted by Crippen LogP contribution is 2.29. The van der Waals surface area contributed by atoms with Crippen molar-refractivity contribution >= 4 is 0 Å². The lowest BCUT2D eigenvalue weighted by Crippen LogP contribution is -2.20. The van der Waals surface area contributed by atoms with E-state index in [1.165, 1.54) is 19.3 Å². The average molecular weight is 183 g/mol. The van der Waals surface area contributed by atoms with Gasteiger partial charge in [0.1, 0.15) is 0 Å². The summed E-state index contributed by atoms with van der Waals surface area (Å²) < 4.78 is 0. The molecule has 1 heteroatoms. The van der Waals surface area contributed by atoms with E-state index in [4.69, 9.17) is 0 Å². The summed E-state index contributed by atoms with van der Waals surface area (Å²) in [6, 6.07) is 0. The van der Waals surface area contributed by atoms with Crippen LogP contribution in [0.15, 0.2) is 11.6 Å². The summed E-state index contributed by atoms with van der Waals surface area (Å²) in [4.78, 5) is 0. The van der Waals surface area contributed by atoms with Crippen LogP contribution in [-0.2, 0) is 0 Å². The minimum Gasteiger partial charge on any atom is -0.320 e. The Morgan fingerprint density at radius 1 is 1.38 bits per heavy atom. The Morgan fingerprint density at radius 3 is 2.38 bits per heavy atom. The highest BCUT2D eigenvalue weighted by Gasteiger charge is 2.17. The molecular formula is C12H25N. The van der Waals surface area contributed by atoms with Crippen molar-refractivity contribution in [1.82, 2.24) is 5.32 Å². The lowest BCUT2D eigenvalue weighted by atomic mass is 9.82. The summed E-state index contributed by atoms with van der Waals surface area (Å²) in [6.45, 7) is 10.2. The number of allylic oxidation sites excluding steroid dienone is 2. The van der Waals surface area contributed by atoms with Gasteiger partial charge in [0, 0.05) is 0 Å². The van der Waals surface area contributed by atoms with Crippen molar-refractivity contribution < 1.29 is 0 Å². The first kappa shape index (κ1) is 12.7. The van der Waals surface area contributed by atoms with Gasteiger partial charge >= 0.3 is 0 Å². The number of hydrogen-bond donors (Lipinski definition) is 1. The van der Waals surface area contributed by atoms with Gasteiger partial charge in [0.05, 0.1) is 0 Å². The first-order valence-corrected chi connectivity index (χ1v) is 5.34. The van der Waals surface area contributed by atoms with Gasteiger partial charge in [-0.2, -0.15) is 0 Å². The second-order valence-corrected chi connectivity index (χ2v) is 4.50. The predicted molar refractivity (Wildman–Crippen MR) is 61.0 cm³/mol. The molecule has 0 bridgehead atoms. The Kier molecular flexibility index (Phi) is 6.06. The van der Waals surface area contributed by atoms with Crippen molar-refractivity contribution in [2.24, 2.45) is 5.41 Å². The second kappa shape index (κ2) is 6.20. The van der Waals surface area contributed by atoms with Crippen LogP contribution in [0.4, 0.5) is 0 Å². The van der Waals surface area contributed by atoms with Crippen LogP contribution in [-0.4, -0.2) is 13.6 Å². The van der Waals surface area contributed by atoms with Gasteiger partial charge in [0.15, 0.2) is 0 Å². The van der Waals surface area contributed by atoms with E-state index in [2.05, 4.69) is 39.1 Å². The maximum Gasteiger partial charge on any atom is -0.00467 e. The highest BCUT2D eigenvalue weighted by molar-refractivity contribution is 5.02. The van der Waals surface area contributed by atoms with Crippen LogP contribution in [0.2, 0.25) is 0 Å². The lowest BCUT2D eigenvalue weighted by molar-refractivity contribution is 0.326. The first-order valence-electron chi connectivity index (χ1n) is 5.34. The molecule has 0 aromatic carbocycles. The molecule has 0 saturated carbocycles. The fraction of sp³-hybridized carbons (Fsp3) is 0.833. The van der Waals surface area contributed by atoms with Gasteiger partial charge in [-0.25, -0.2) is 0 Å². The van der Waals surface area contributed by atoms with Crippen LogP contribution in [0, 0.1) is 5.41 Å². The molecule has 1 nitrogen and oxygen atoms in total. The minimum atomic E-state index is 0.445. The summed E-state index contributed by atoms with van der Waals surface area (Å²) in [5, 5.41) is 3.21. The fourth-order valence-corrected chi connectivity index (χ4v) is 1.60. The van der Waals surface area contributed by atoms with Gasteiger partial charge in [-0.15, -0.1) is 0 Å². The molecule has 0 aliphatic rings. The molecule has 0 amide bonds. The largest absolute Gasteiger partial charge is 0.320 e. The maximum atomic E-state index is 3.21. The molecule has 78 valence electrons. The first-order chi connectivity index (χ1) is 6.05. The van der Waals surface area contributed by atoms with Crippen LogP contribution in [0.3, 0.4) is 0 Å². The zero-order chi connectivity index (χ0) is 10.3. The smallest absolute Gasteiger partial charge is 0.00467 e. The summed E-state index contributed by atoms with van der Waals surface area (Å²) in [6.07, 6.45) is 5.95. The Labute approximate surface area is 83.6 Å². The van der Waals surface area contributed by atoms with E-state index in [1.54, 1.807) is 5.57 Å². The molecule has 0 radical (unpaired) electrons. The quantitative estimate of drug-likeness (QED) is 0.623. The van der Waals surface area contributed by atoms with Gasteiger partial charge < -0.3 is 5.32 Å². The fourth-order valence-electron chi connectivity index (χ4n) is 1.60. The van der Waals surface area contributed by atoms with E-state index in [0.29, 0.717) is 5.41 Å². The summed E-state index contributed by atoms with van der Waals surface area (Å²) in [5.74, 6) is 0. The monoisotopic (exact) mass is 183 g/mol. The molecule has 0 aromatic rings. The Bertz CT molecular complexity index is 157. The molecule has 0 spiro atoms. The van der Waals surface area contributed by atoms with E-state index < -0.39 is 0 Å². The third kappa shape index (κ3) is 5.87. The molecule has 0 fully saturated rings. The van der Waals surface area contributed by atoms with Crippen molar-refractivity contribution in [3.63, 3.8) is 0 Å². The number of rotatable bonds is 6. The van der Waals surface area contributed by atoms with Crippen LogP contribution < -0.4 is 5.32 Å². The van der Waals surface area contributed by atoms with Crippen molar-refractivity contribution in [2.45, 2.75) is 47.0 Å². The molecule has 0 rings (SSSR count). The van der Waals surface area contributed by atoms with Crippen molar-refractivity contribution in [2.75, 3.05) is 13.6 Å². The zero-order valence-corrected chi connectivity index (χ0v) is 9.91. The third-order valence-corrected chi connectivity index (χ3v) is 2.62. The van der Waals surface area contributed by atoms with Gasteiger partial charge in [-0.3, -0.25) is 0 Å². The molecule has 0 unspecified atom stereocenters. The molecular weight excluding hydrogens is 158 g/mol. The normalized spacial score (nSPS) is 13.5.